The summed E-state index contributed by atoms with van der Waals surface area (Å²) in [6.07, 6.45) is 1.38. The Labute approximate surface area is 232 Å². The van der Waals surface area contributed by atoms with Crippen molar-refractivity contribution in [3.8, 4) is 23.0 Å². The monoisotopic (exact) mass is 593 g/mol. The lowest BCUT2D eigenvalue weighted by Crippen LogP contribution is -2.27. The van der Waals surface area contributed by atoms with Gasteiger partial charge in [-0.1, -0.05) is 35.3 Å². The van der Waals surface area contributed by atoms with Gasteiger partial charge in [-0.15, -0.1) is 0 Å². The molecule has 38 heavy (non-hydrogen) atoms. The topological polar surface area (TPSA) is 108 Å². The Morgan fingerprint density at radius 1 is 1.05 bits per heavy atom. The van der Waals surface area contributed by atoms with E-state index in [9.17, 15) is 18.0 Å². The fourth-order valence-electron chi connectivity index (χ4n) is 3.68. The number of para-hydroxylation sites is 1. The number of fused-ring (bicyclic) bond motifs is 1. The number of ether oxygens (including phenoxy) is 3. The number of nitrogens with zero attached hydrogens (tertiary/aromatic N) is 1. The lowest BCUT2D eigenvalue weighted by atomic mass is 10.1. The molecule has 196 valence electrons. The van der Waals surface area contributed by atoms with Gasteiger partial charge in [-0.2, -0.15) is 8.42 Å². The Bertz CT molecular complexity index is 1590. The smallest absolute Gasteiger partial charge is 0.339 e. The van der Waals surface area contributed by atoms with Gasteiger partial charge in [0.25, 0.3) is 11.1 Å². The van der Waals surface area contributed by atoms with Gasteiger partial charge in [0.2, 0.25) is 6.79 Å². The van der Waals surface area contributed by atoms with Gasteiger partial charge >= 0.3 is 10.1 Å². The van der Waals surface area contributed by atoms with Crippen LogP contribution in [0.15, 0.2) is 64.4 Å². The molecule has 9 nitrogen and oxygen atoms in total. The first-order valence-electron chi connectivity index (χ1n) is 10.9. The molecule has 3 aromatic rings. The van der Waals surface area contributed by atoms with Gasteiger partial charge in [-0.25, -0.2) is 0 Å². The lowest BCUT2D eigenvalue weighted by molar-refractivity contribution is -0.123. The zero-order valence-corrected chi connectivity index (χ0v) is 22.6. The van der Waals surface area contributed by atoms with Gasteiger partial charge in [0.05, 0.1) is 18.6 Å². The molecule has 0 aromatic heterocycles. The number of amides is 2. The molecule has 2 aliphatic rings. The molecule has 1 saturated heterocycles. The van der Waals surface area contributed by atoms with E-state index in [0.717, 1.165) is 4.90 Å². The van der Waals surface area contributed by atoms with Gasteiger partial charge in [0.15, 0.2) is 23.0 Å². The zero-order valence-electron chi connectivity index (χ0n) is 19.5. The summed E-state index contributed by atoms with van der Waals surface area (Å²) in [6, 6.07) is 13.3. The molecule has 0 atom stereocenters. The number of methoxy groups -OCH3 is 1. The maximum atomic E-state index is 13.2. The Morgan fingerprint density at radius 3 is 2.47 bits per heavy atom. The minimum atomic E-state index is -4.28. The summed E-state index contributed by atoms with van der Waals surface area (Å²) in [5.41, 5.74) is 0.715. The first-order chi connectivity index (χ1) is 18.2. The quantitative estimate of drug-likeness (QED) is 0.250. The van der Waals surface area contributed by atoms with Crippen LogP contribution in [0.2, 0.25) is 10.0 Å². The number of hydrogen-bond donors (Lipinski definition) is 0. The van der Waals surface area contributed by atoms with Crippen LogP contribution in [-0.4, -0.2) is 38.4 Å². The maximum Gasteiger partial charge on any atom is 0.339 e. The van der Waals surface area contributed by atoms with Crippen molar-refractivity contribution >= 4 is 62.3 Å². The summed E-state index contributed by atoms with van der Waals surface area (Å²) in [6.45, 7) is -0.0397. The SMILES string of the molecule is COc1cccc(/C=C2\SC(=O)N(Cc3cc4c(cc3Cl)OCO4)C2=O)c1OS(=O)(=O)c1ccc(Cl)cc1. The third-order valence-corrected chi connectivity index (χ3v) is 8.30. The minimum absolute atomic E-state index is 0.0537. The normalized spacial score (nSPS) is 15.9. The summed E-state index contributed by atoms with van der Waals surface area (Å²) in [5, 5.41) is 0.155. The number of benzene rings is 3. The molecule has 0 aliphatic carbocycles. The van der Waals surface area contributed by atoms with Crippen LogP contribution in [0.3, 0.4) is 0 Å². The molecule has 2 heterocycles. The molecule has 1 fully saturated rings. The maximum absolute atomic E-state index is 13.2. The van der Waals surface area contributed by atoms with Gasteiger partial charge in [0.1, 0.15) is 4.90 Å². The fraction of sp³-hybridized carbons (Fsp3) is 0.120. The van der Waals surface area contributed by atoms with Crippen molar-refractivity contribution in [1.29, 1.82) is 0 Å². The fourth-order valence-corrected chi connectivity index (χ4v) is 5.82. The van der Waals surface area contributed by atoms with E-state index < -0.39 is 21.3 Å². The van der Waals surface area contributed by atoms with E-state index in [1.165, 1.54) is 49.6 Å². The summed E-state index contributed by atoms with van der Waals surface area (Å²) in [7, 11) is -2.93. The predicted octanol–water partition coefficient (Wildman–Crippen LogP) is 5.73. The molecule has 0 spiro atoms. The molecule has 0 N–H and O–H groups in total. The van der Waals surface area contributed by atoms with Crippen molar-refractivity contribution in [3.63, 3.8) is 0 Å². The number of hydrogen-bond acceptors (Lipinski definition) is 9. The molecule has 0 unspecified atom stereocenters. The summed E-state index contributed by atoms with van der Waals surface area (Å²) in [5.74, 6) is 0.333. The Morgan fingerprint density at radius 2 is 1.76 bits per heavy atom. The molecule has 5 rings (SSSR count). The minimum Gasteiger partial charge on any atom is -0.493 e. The van der Waals surface area contributed by atoms with E-state index in [2.05, 4.69) is 0 Å². The number of thioether (sulfide) groups is 1. The summed E-state index contributed by atoms with van der Waals surface area (Å²) < 4.78 is 47.3. The highest BCUT2D eigenvalue weighted by atomic mass is 35.5. The molecule has 2 aliphatic heterocycles. The van der Waals surface area contributed by atoms with Crippen molar-refractivity contribution in [2.75, 3.05) is 13.9 Å². The van der Waals surface area contributed by atoms with Crippen molar-refractivity contribution in [3.05, 3.63) is 80.7 Å². The van der Waals surface area contributed by atoms with E-state index in [-0.39, 0.29) is 40.2 Å². The number of carbonyl (C=O) groups is 2. The first kappa shape index (κ1) is 26.2. The van der Waals surface area contributed by atoms with Crippen molar-refractivity contribution in [2.45, 2.75) is 11.4 Å². The van der Waals surface area contributed by atoms with E-state index in [1.807, 2.05) is 0 Å². The van der Waals surface area contributed by atoms with Crippen LogP contribution < -0.4 is 18.4 Å². The third kappa shape index (κ3) is 5.14. The predicted molar refractivity (Wildman–Crippen MR) is 141 cm³/mol. The van der Waals surface area contributed by atoms with Gasteiger partial charge in [0, 0.05) is 21.7 Å². The molecular formula is C25H17Cl2NO8S2. The molecule has 0 bridgehead atoms. The van der Waals surface area contributed by atoms with E-state index >= 15 is 0 Å². The van der Waals surface area contributed by atoms with Crippen LogP contribution >= 0.6 is 35.0 Å². The van der Waals surface area contributed by atoms with Crippen LogP contribution in [0.25, 0.3) is 6.08 Å². The van der Waals surface area contributed by atoms with E-state index in [0.29, 0.717) is 38.9 Å². The average Bonchev–Trinajstić information content (AvgIpc) is 3.44. The number of halogens is 2. The molecule has 3 aromatic carbocycles. The highest BCUT2D eigenvalue weighted by Crippen LogP contribution is 2.41. The second-order valence-electron chi connectivity index (χ2n) is 7.93. The van der Waals surface area contributed by atoms with Crippen molar-refractivity contribution < 1.29 is 36.4 Å². The Kier molecular flexibility index (Phi) is 7.19. The Balaban J connectivity index is 1.45. The first-order valence-corrected chi connectivity index (χ1v) is 13.8. The second-order valence-corrected chi connectivity index (χ2v) is 11.3. The van der Waals surface area contributed by atoms with E-state index in [4.69, 9.17) is 41.6 Å². The largest absolute Gasteiger partial charge is 0.493 e. The van der Waals surface area contributed by atoms with Gasteiger partial charge < -0.3 is 18.4 Å². The highest BCUT2D eigenvalue weighted by Gasteiger charge is 2.36. The lowest BCUT2D eigenvalue weighted by Gasteiger charge is -2.15. The number of carbonyl (C=O) groups excluding carboxylic acids is 2. The second kappa shape index (κ2) is 10.4. The number of imide groups is 1. The molecular weight excluding hydrogens is 577 g/mol. The van der Waals surface area contributed by atoms with Crippen LogP contribution in [0, 0.1) is 0 Å². The number of rotatable bonds is 7. The molecule has 0 radical (unpaired) electrons. The molecule has 13 heteroatoms. The average molecular weight is 594 g/mol. The standard InChI is InChI=1S/C25H17Cl2NO8S2/c1-33-19-4-2-3-14(23(19)36-38(31,32)17-7-5-16(26)6-8-17)10-22-24(29)28(25(30)37-22)12-15-9-20-21(11-18(15)27)35-13-34-20/h2-11H,12-13H2,1H3/b22-10-. The van der Waals surface area contributed by atoms with Gasteiger partial charge in [-0.05, 0) is 59.8 Å². The van der Waals surface area contributed by atoms with Crippen LogP contribution in [-0.2, 0) is 21.5 Å². The zero-order chi connectivity index (χ0) is 27.0. The van der Waals surface area contributed by atoms with Crippen molar-refractivity contribution in [2.24, 2.45) is 0 Å². The Hall–Kier alpha value is -3.38. The third-order valence-electron chi connectivity index (χ3n) is 5.55. The molecule has 0 saturated carbocycles. The van der Waals surface area contributed by atoms with Crippen LogP contribution in [0.1, 0.15) is 11.1 Å². The summed E-state index contributed by atoms with van der Waals surface area (Å²) in [4.78, 5) is 26.9. The van der Waals surface area contributed by atoms with E-state index in [1.54, 1.807) is 18.2 Å². The van der Waals surface area contributed by atoms with Gasteiger partial charge in [-0.3, -0.25) is 14.5 Å². The molecule has 2 amide bonds. The summed E-state index contributed by atoms with van der Waals surface area (Å²) >= 11 is 12.9. The van der Waals surface area contributed by atoms with Crippen LogP contribution in [0.5, 0.6) is 23.0 Å². The highest BCUT2D eigenvalue weighted by molar-refractivity contribution is 8.18. The van der Waals surface area contributed by atoms with Crippen molar-refractivity contribution in [1.82, 2.24) is 4.90 Å². The van der Waals surface area contributed by atoms with Crippen LogP contribution in [0.4, 0.5) is 4.79 Å².